The van der Waals surface area contributed by atoms with Crippen LogP contribution in [0.25, 0.3) is 39.0 Å². The maximum Gasteiger partial charge on any atom is 0.237 e. The van der Waals surface area contributed by atoms with Crippen molar-refractivity contribution >= 4 is 50.7 Å². The molecule has 6 aromatic rings. The summed E-state index contributed by atoms with van der Waals surface area (Å²) in [5.74, 6) is 1.72. The lowest BCUT2D eigenvalue weighted by molar-refractivity contribution is 0.391. The van der Waals surface area contributed by atoms with Gasteiger partial charge in [-0.1, -0.05) is 41.2 Å². The molecule has 0 unspecified atom stereocenters. The summed E-state index contributed by atoms with van der Waals surface area (Å²) in [6, 6.07) is 18.2. The second kappa shape index (κ2) is 6.68. The maximum absolute atomic E-state index is 5.45. The molecule has 0 radical (unpaired) electrons. The molecule has 4 heterocycles. The topological polar surface area (TPSA) is 69.1 Å². The number of fused-ring (bicyclic) bond motifs is 5. The summed E-state index contributed by atoms with van der Waals surface area (Å²) in [7, 11) is 0. The third kappa shape index (κ3) is 2.80. The van der Waals surface area contributed by atoms with E-state index in [-0.39, 0.29) is 0 Å². The Morgan fingerprint density at radius 1 is 0.931 bits per heavy atom. The molecule has 0 saturated heterocycles. The van der Waals surface area contributed by atoms with Crippen LogP contribution in [0.2, 0.25) is 0 Å². The summed E-state index contributed by atoms with van der Waals surface area (Å²) < 4.78 is 7.56. The number of thiophene rings is 1. The molecule has 8 heteroatoms. The number of nitrogens with zero attached hydrogens (tertiary/aromatic N) is 5. The summed E-state index contributed by atoms with van der Waals surface area (Å²) in [6.07, 6.45) is 0. The Morgan fingerprint density at radius 2 is 1.79 bits per heavy atom. The van der Waals surface area contributed by atoms with Crippen molar-refractivity contribution in [3.63, 3.8) is 0 Å². The summed E-state index contributed by atoms with van der Waals surface area (Å²) in [4.78, 5) is 14.3. The largest absolute Gasteiger partial charge is 0.338 e. The van der Waals surface area contributed by atoms with Gasteiger partial charge < -0.3 is 4.52 Å². The minimum Gasteiger partial charge on any atom is -0.338 e. The molecule has 0 atom stereocenters. The first-order chi connectivity index (χ1) is 14.4. The normalized spacial score (nSPS) is 11.7. The SMILES string of the molecule is c1ccc2c(c1)nc(SCc1nc(-c3ccsc3)no1)n1c3ccccc3nc21. The van der Waals surface area contributed by atoms with Crippen LogP contribution in [0, 0.1) is 0 Å². The van der Waals surface area contributed by atoms with E-state index in [1.54, 1.807) is 23.1 Å². The fourth-order valence-electron chi connectivity index (χ4n) is 3.36. The molecule has 140 valence electrons. The molecule has 2 aromatic carbocycles. The van der Waals surface area contributed by atoms with Crippen LogP contribution in [0.4, 0.5) is 0 Å². The van der Waals surface area contributed by atoms with Crippen molar-refractivity contribution in [2.45, 2.75) is 10.9 Å². The van der Waals surface area contributed by atoms with Gasteiger partial charge in [-0.25, -0.2) is 9.97 Å². The molecule has 6 rings (SSSR count). The Labute approximate surface area is 173 Å². The minimum atomic E-state index is 0.532. The van der Waals surface area contributed by atoms with Crippen molar-refractivity contribution in [3.8, 4) is 11.4 Å². The van der Waals surface area contributed by atoms with Crippen molar-refractivity contribution in [1.82, 2.24) is 24.5 Å². The Morgan fingerprint density at radius 3 is 2.69 bits per heavy atom. The van der Waals surface area contributed by atoms with Crippen molar-refractivity contribution in [2.24, 2.45) is 0 Å². The van der Waals surface area contributed by atoms with Gasteiger partial charge in [0.2, 0.25) is 11.7 Å². The molecular weight excluding hydrogens is 402 g/mol. The number of hydrogen-bond donors (Lipinski definition) is 0. The number of benzene rings is 2. The quantitative estimate of drug-likeness (QED) is 0.282. The lowest BCUT2D eigenvalue weighted by Gasteiger charge is -2.07. The summed E-state index contributed by atoms with van der Waals surface area (Å²) in [5.41, 5.74) is 4.78. The zero-order valence-corrected chi connectivity index (χ0v) is 16.7. The molecule has 4 aromatic heterocycles. The minimum absolute atomic E-state index is 0.532. The zero-order valence-electron chi connectivity index (χ0n) is 15.0. The number of thioether (sulfide) groups is 1. The second-order valence-corrected chi connectivity index (χ2v) is 8.21. The summed E-state index contributed by atoms with van der Waals surface area (Å²) in [5, 5.41) is 9.98. The van der Waals surface area contributed by atoms with Gasteiger partial charge in [0.05, 0.1) is 22.3 Å². The van der Waals surface area contributed by atoms with Crippen LogP contribution in [0.1, 0.15) is 5.89 Å². The lowest BCUT2D eigenvalue weighted by atomic mass is 10.2. The van der Waals surface area contributed by atoms with E-state index in [0.29, 0.717) is 17.5 Å². The van der Waals surface area contributed by atoms with E-state index in [2.05, 4.69) is 26.7 Å². The predicted molar refractivity (Wildman–Crippen MR) is 115 cm³/mol. The van der Waals surface area contributed by atoms with Gasteiger partial charge in [0.1, 0.15) is 5.65 Å². The number of aromatic nitrogens is 5. The maximum atomic E-state index is 5.45. The Balaban J connectivity index is 1.44. The molecule has 0 bridgehead atoms. The standard InChI is InChI=1S/C21H13N5OS2/c1-2-6-15-14(5-1)20-22-16-7-3-4-8-17(16)26(20)21(23-15)29-12-18-24-19(25-27-18)13-9-10-28-11-13/h1-11H,12H2. The van der Waals surface area contributed by atoms with Gasteiger partial charge in [0.25, 0.3) is 0 Å². The highest BCUT2D eigenvalue weighted by atomic mass is 32.2. The zero-order chi connectivity index (χ0) is 19.2. The van der Waals surface area contributed by atoms with Crippen LogP contribution in [0.15, 0.2) is 75.0 Å². The van der Waals surface area contributed by atoms with E-state index in [9.17, 15) is 0 Å². The van der Waals surface area contributed by atoms with Gasteiger partial charge in [-0.15, -0.1) is 0 Å². The van der Waals surface area contributed by atoms with Gasteiger partial charge in [-0.05, 0) is 35.7 Å². The molecule has 0 aliphatic rings. The fourth-order valence-corrected chi connectivity index (χ4v) is 4.84. The number of rotatable bonds is 4. The van der Waals surface area contributed by atoms with Gasteiger partial charge in [-0.3, -0.25) is 4.40 Å². The molecule has 0 amide bonds. The van der Waals surface area contributed by atoms with Crippen LogP contribution < -0.4 is 0 Å². The third-order valence-corrected chi connectivity index (χ3v) is 6.29. The van der Waals surface area contributed by atoms with Crippen molar-refractivity contribution in [1.29, 1.82) is 0 Å². The highest BCUT2D eigenvalue weighted by Crippen LogP contribution is 2.30. The van der Waals surface area contributed by atoms with E-state index < -0.39 is 0 Å². The molecule has 0 fully saturated rings. The molecular formula is C21H13N5OS2. The Bertz CT molecular complexity index is 1470. The van der Waals surface area contributed by atoms with Crippen molar-refractivity contribution in [2.75, 3.05) is 0 Å². The van der Waals surface area contributed by atoms with Crippen LogP contribution in [-0.4, -0.2) is 24.5 Å². The first-order valence-corrected chi connectivity index (χ1v) is 10.9. The summed E-state index contributed by atoms with van der Waals surface area (Å²) >= 11 is 3.18. The lowest BCUT2D eigenvalue weighted by Crippen LogP contribution is -1.97. The number of hydrogen-bond acceptors (Lipinski definition) is 7. The summed E-state index contributed by atoms with van der Waals surface area (Å²) in [6.45, 7) is 0. The molecule has 29 heavy (non-hydrogen) atoms. The third-order valence-electron chi connectivity index (χ3n) is 4.69. The molecule has 0 aliphatic heterocycles. The molecule has 0 N–H and O–H groups in total. The molecule has 6 nitrogen and oxygen atoms in total. The Hall–Kier alpha value is -3.23. The van der Waals surface area contributed by atoms with Crippen molar-refractivity contribution in [3.05, 3.63) is 71.2 Å². The van der Waals surface area contributed by atoms with Gasteiger partial charge in [0.15, 0.2) is 5.16 Å². The van der Waals surface area contributed by atoms with Gasteiger partial charge in [0, 0.05) is 16.3 Å². The van der Waals surface area contributed by atoms with Crippen LogP contribution >= 0.6 is 23.1 Å². The first kappa shape index (κ1) is 16.7. The average Bonchev–Trinajstić information content (AvgIpc) is 3.51. The molecule has 0 saturated carbocycles. The van der Waals surface area contributed by atoms with E-state index in [1.807, 2.05) is 53.2 Å². The molecule has 0 spiro atoms. The van der Waals surface area contributed by atoms with E-state index in [4.69, 9.17) is 14.5 Å². The molecule has 0 aliphatic carbocycles. The van der Waals surface area contributed by atoms with Gasteiger partial charge >= 0.3 is 0 Å². The highest BCUT2D eigenvalue weighted by molar-refractivity contribution is 7.98. The van der Waals surface area contributed by atoms with E-state index >= 15 is 0 Å². The monoisotopic (exact) mass is 415 g/mol. The number of imidazole rings is 1. The van der Waals surface area contributed by atoms with Crippen LogP contribution in [0.5, 0.6) is 0 Å². The smallest absolute Gasteiger partial charge is 0.237 e. The van der Waals surface area contributed by atoms with Crippen LogP contribution in [-0.2, 0) is 5.75 Å². The Kier molecular flexibility index (Phi) is 3.85. The number of para-hydroxylation sites is 3. The van der Waals surface area contributed by atoms with E-state index in [0.717, 1.165) is 38.3 Å². The van der Waals surface area contributed by atoms with Crippen molar-refractivity contribution < 1.29 is 4.52 Å². The van der Waals surface area contributed by atoms with Crippen LogP contribution in [0.3, 0.4) is 0 Å². The predicted octanol–water partition coefficient (Wildman–Crippen LogP) is 5.44. The van der Waals surface area contributed by atoms with Gasteiger partial charge in [-0.2, -0.15) is 16.3 Å². The van der Waals surface area contributed by atoms with E-state index in [1.165, 1.54) is 0 Å². The highest BCUT2D eigenvalue weighted by Gasteiger charge is 2.16. The first-order valence-electron chi connectivity index (χ1n) is 9.01. The average molecular weight is 416 g/mol. The second-order valence-electron chi connectivity index (χ2n) is 6.48. The fraction of sp³-hybridized carbons (Fsp3) is 0.0476.